The molecular weight excluding hydrogens is 300 g/mol. The smallest absolute Gasteiger partial charge is 0.258 e. The average Bonchev–Trinajstić information content (AvgIpc) is 2.78. The Bertz CT molecular complexity index is 868. The second kappa shape index (κ2) is 5.42. The van der Waals surface area contributed by atoms with Crippen molar-refractivity contribution in [3.05, 3.63) is 52.4 Å². The number of nitrogens with zero attached hydrogens (tertiary/aromatic N) is 3. The highest BCUT2D eigenvalue weighted by Crippen LogP contribution is 2.26. The minimum Gasteiger partial charge on any atom is -0.322 e. The van der Waals surface area contributed by atoms with Gasteiger partial charge in [0.2, 0.25) is 0 Å². The van der Waals surface area contributed by atoms with E-state index in [4.69, 9.17) is 11.6 Å². The van der Waals surface area contributed by atoms with Gasteiger partial charge in [0.25, 0.3) is 5.91 Å². The summed E-state index contributed by atoms with van der Waals surface area (Å²) in [5.41, 5.74) is 3.35. The van der Waals surface area contributed by atoms with Gasteiger partial charge >= 0.3 is 0 Å². The van der Waals surface area contributed by atoms with E-state index >= 15 is 0 Å². The molecule has 112 valence electrons. The molecule has 0 atom stereocenters. The van der Waals surface area contributed by atoms with Crippen LogP contribution in [0.2, 0.25) is 5.02 Å². The third kappa shape index (κ3) is 2.44. The van der Waals surface area contributed by atoms with E-state index in [1.54, 1.807) is 0 Å². The second-order valence-corrected chi connectivity index (χ2v) is 5.57. The Morgan fingerprint density at radius 2 is 1.91 bits per heavy atom. The van der Waals surface area contributed by atoms with Crippen molar-refractivity contribution in [2.75, 3.05) is 5.32 Å². The lowest BCUT2D eigenvalue weighted by Gasteiger charge is -2.07. The van der Waals surface area contributed by atoms with Crippen molar-refractivity contribution in [3.63, 3.8) is 0 Å². The van der Waals surface area contributed by atoms with Crippen molar-refractivity contribution in [3.8, 4) is 0 Å². The molecule has 0 aliphatic carbocycles. The molecule has 3 aromatic rings. The van der Waals surface area contributed by atoms with E-state index in [0.29, 0.717) is 27.4 Å². The molecule has 2 heterocycles. The molecule has 6 heteroatoms. The van der Waals surface area contributed by atoms with Crippen molar-refractivity contribution in [1.82, 2.24) is 14.5 Å². The zero-order chi connectivity index (χ0) is 15.9. The van der Waals surface area contributed by atoms with E-state index in [1.165, 1.54) is 6.20 Å². The fraction of sp³-hybridized carbons (Fsp3) is 0.188. The first-order valence-corrected chi connectivity index (χ1v) is 7.20. The van der Waals surface area contributed by atoms with Crippen molar-refractivity contribution in [2.24, 2.45) is 7.05 Å². The summed E-state index contributed by atoms with van der Waals surface area (Å²) in [5, 5.41) is 3.13. The van der Waals surface area contributed by atoms with E-state index in [0.717, 1.165) is 11.4 Å². The van der Waals surface area contributed by atoms with Gasteiger partial charge in [-0.25, -0.2) is 9.97 Å². The fourth-order valence-electron chi connectivity index (χ4n) is 2.20. The number of carbonyl (C=O) groups is 1. The summed E-state index contributed by atoms with van der Waals surface area (Å²) in [6, 6.07) is 7.55. The quantitative estimate of drug-likeness (QED) is 0.787. The molecule has 0 unspecified atom stereocenters. The molecular formula is C16H15ClN4O. The van der Waals surface area contributed by atoms with E-state index in [9.17, 15) is 4.79 Å². The number of imidazole rings is 1. The number of carbonyl (C=O) groups excluding carboxylic acids is 1. The molecule has 0 saturated carbocycles. The van der Waals surface area contributed by atoms with Crippen LogP contribution >= 0.6 is 11.6 Å². The summed E-state index contributed by atoms with van der Waals surface area (Å²) >= 11 is 6.34. The number of pyridine rings is 1. The SMILES string of the molecule is Cc1ccc(NC(=O)c2cnc3c(nc(C)n3C)c2Cl)cc1. The number of rotatable bonds is 2. The Kier molecular flexibility index (Phi) is 3.58. The summed E-state index contributed by atoms with van der Waals surface area (Å²) in [7, 11) is 1.86. The summed E-state index contributed by atoms with van der Waals surface area (Å²) in [6.07, 6.45) is 1.48. The van der Waals surface area contributed by atoms with Gasteiger partial charge in [-0.1, -0.05) is 29.3 Å². The maximum Gasteiger partial charge on any atom is 0.258 e. The number of aryl methyl sites for hydroxylation is 3. The first-order chi connectivity index (χ1) is 10.5. The lowest BCUT2D eigenvalue weighted by atomic mass is 10.2. The highest BCUT2D eigenvalue weighted by atomic mass is 35.5. The number of amides is 1. The summed E-state index contributed by atoms with van der Waals surface area (Å²) in [6.45, 7) is 3.85. The van der Waals surface area contributed by atoms with E-state index in [1.807, 2.05) is 49.7 Å². The molecule has 22 heavy (non-hydrogen) atoms. The second-order valence-electron chi connectivity index (χ2n) is 5.20. The molecule has 0 fully saturated rings. The third-order valence-corrected chi connectivity index (χ3v) is 3.99. The Hall–Kier alpha value is -2.40. The monoisotopic (exact) mass is 314 g/mol. The standard InChI is InChI=1S/C16H15ClN4O/c1-9-4-6-11(7-5-9)20-16(22)12-8-18-15-14(13(12)17)19-10(2)21(15)3/h4-8H,1-3H3,(H,20,22). The Balaban J connectivity index is 1.97. The van der Waals surface area contributed by atoms with Crippen molar-refractivity contribution < 1.29 is 4.79 Å². The van der Waals surface area contributed by atoms with Crippen LogP contribution in [0, 0.1) is 13.8 Å². The predicted octanol–water partition coefficient (Wildman–Crippen LogP) is 3.49. The van der Waals surface area contributed by atoms with Crippen LogP contribution in [0.5, 0.6) is 0 Å². The van der Waals surface area contributed by atoms with Crippen molar-refractivity contribution in [1.29, 1.82) is 0 Å². The summed E-state index contributed by atoms with van der Waals surface area (Å²) < 4.78 is 1.84. The van der Waals surface area contributed by atoms with Crippen LogP contribution in [0.1, 0.15) is 21.7 Å². The average molecular weight is 315 g/mol. The molecule has 0 aliphatic rings. The van der Waals surface area contributed by atoms with Crippen LogP contribution in [-0.4, -0.2) is 20.4 Å². The Morgan fingerprint density at radius 3 is 2.59 bits per heavy atom. The van der Waals surface area contributed by atoms with Crippen LogP contribution in [0.4, 0.5) is 5.69 Å². The van der Waals surface area contributed by atoms with Gasteiger partial charge in [0.1, 0.15) is 11.3 Å². The number of benzene rings is 1. The van der Waals surface area contributed by atoms with Crippen LogP contribution < -0.4 is 5.32 Å². The van der Waals surface area contributed by atoms with Crippen LogP contribution in [0.3, 0.4) is 0 Å². The molecule has 1 N–H and O–H groups in total. The first-order valence-electron chi connectivity index (χ1n) is 6.83. The molecule has 5 nitrogen and oxygen atoms in total. The fourth-order valence-corrected chi connectivity index (χ4v) is 2.46. The van der Waals surface area contributed by atoms with Crippen molar-refractivity contribution in [2.45, 2.75) is 13.8 Å². The predicted molar refractivity (Wildman–Crippen MR) is 87.4 cm³/mol. The minimum atomic E-state index is -0.299. The molecule has 1 amide bonds. The Labute approximate surface area is 133 Å². The largest absolute Gasteiger partial charge is 0.322 e. The number of hydrogen-bond acceptors (Lipinski definition) is 3. The van der Waals surface area contributed by atoms with Crippen LogP contribution in [0.15, 0.2) is 30.5 Å². The van der Waals surface area contributed by atoms with Gasteiger partial charge in [-0.2, -0.15) is 0 Å². The number of halogens is 1. The zero-order valence-corrected chi connectivity index (χ0v) is 13.3. The molecule has 0 bridgehead atoms. The van der Waals surface area contributed by atoms with E-state index in [-0.39, 0.29) is 5.91 Å². The Morgan fingerprint density at radius 1 is 1.23 bits per heavy atom. The zero-order valence-electron chi connectivity index (χ0n) is 12.5. The van der Waals surface area contributed by atoms with Gasteiger partial charge in [0.05, 0.1) is 10.6 Å². The van der Waals surface area contributed by atoms with Crippen LogP contribution in [-0.2, 0) is 7.05 Å². The molecule has 1 aromatic carbocycles. The maximum atomic E-state index is 12.4. The molecule has 0 radical (unpaired) electrons. The van der Waals surface area contributed by atoms with Gasteiger partial charge in [0.15, 0.2) is 5.65 Å². The molecule has 0 aliphatic heterocycles. The molecule has 0 spiro atoms. The van der Waals surface area contributed by atoms with Gasteiger partial charge in [-0.3, -0.25) is 4.79 Å². The molecule has 0 saturated heterocycles. The van der Waals surface area contributed by atoms with Gasteiger partial charge < -0.3 is 9.88 Å². The lowest BCUT2D eigenvalue weighted by Crippen LogP contribution is -2.13. The van der Waals surface area contributed by atoms with E-state index in [2.05, 4.69) is 15.3 Å². The number of aromatic nitrogens is 3. The number of anilines is 1. The highest BCUT2D eigenvalue weighted by Gasteiger charge is 2.17. The van der Waals surface area contributed by atoms with Gasteiger partial charge in [0, 0.05) is 18.9 Å². The summed E-state index contributed by atoms with van der Waals surface area (Å²) in [5.74, 6) is 0.493. The number of fused-ring (bicyclic) bond motifs is 1. The molecule has 3 rings (SSSR count). The van der Waals surface area contributed by atoms with Gasteiger partial charge in [-0.15, -0.1) is 0 Å². The number of nitrogens with one attached hydrogen (secondary N) is 1. The third-order valence-electron chi connectivity index (χ3n) is 3.60. The normalized spacial score (nSPS) is 10.9. The van der Waals surface area contributed by atoms with Gasteiger partial charge in [-0.05, 0) is 26.0 Å². The first kappa shape index (κ1) is 14.5. The summed E-state index contributed by atoms with van der Waals surface area (Å²) in [4.78, 5) is 21.0. The molecule has 2 aromatic heterocycles. The van der Waals surface area contributed by atoms with Crippen molar-refractivity contribution >= 4 is 34.4 Å². The topological polar surface area (TPSA) is 59.8 Å². The van der Waals surface area contributed by atoms with Crippen LogP contribution in [0.25, 0.3) is 11.2 Å². The van der Waals surface area contributed by atoms with E-state index < -0.39 is 0 Å². The lowest BCUT2D eigenvalue weighted by molar-refractivity contribution is 0.102. The minimum absolute atomic E-state index is 0.299. The number of hydrogen-bond donors (Lipinski definition) is 1. The maximum absolute atomic E-state index is 12.4. The highest BCUT2D eigenvalue weighted by molar-refractivity contribution is 6.38.